The molecule has 3 rings (SSSR count). The molecule has 2 aromatic rings. The van der Waals surface area contributed by atoms with Crippen molar-refractivity contribution in [3.05, 3.63) is 48.2 Å². The SMILES string of the molecule is CCN1CCN(c2cc(C(=O)Nc3ccccc3F)ncn2)CC1. The molecule has 0 aliphatic carbocycles. The smallest absolute Gasteiger partial charge is 0.274 e. The van der Waals surface area contributed by atoms with Crippen LogP contribution in [0.1, 0.15) is 17.4 Å². The molecule has 1 aromatic carbocycles. The third kappa shape index (κ3) is 3.68. The van der Waals surface area contributed by atoms with Crippen LogP contribution in [0.4, 0.5) is 15.9 Å². The predicted molar refractivity (Wildman–Crippen MR) is 90.7 cm³/mol. The van der Waals surface area contributed by atoms with Gasteiger partial charge < -0.3 is 15.1 Å². The number of para-hydroxylation sites is 1. The Morgan fingerprint density at radius 2 is 1.96 bits per heavy atom. The molecule has 24 heavy (non-hydrogen) atoms. The number of carbonyl (C=O) groups excluding carboxylic acids is 1. The molecule has 0 radical (unpaired) electrons. The van der Waals surface area contributed by atoms with Crippen molar-refractivity contribution in [2.24, 2.45) is 0 Å². The van der Waals surface area contributed by atoms with Gasteiger partial charge in [-0.05, 0) is 18.7 Å². The van der Waals surface area contributed by atoms with Crippen molar-refractivity contribution in [3.8, 4) is 0 Å². The summed E-state index contributed by atoms with van der Waals surface area (Å²) in [6.07, 6.45) is 1.37. The van der Waals surface area contributed by atoms with E-state index in [2.05, 4.69) is 32.0 Å². The van der Waals surface area contributed by atoms with Crippen LogP contribution in [-0.4, -0.2) is 53.5 Å². The molecule has 0 saturated carbocycles. The molecule has 1 aliphatic heterocycles. The zero-order chi connectivity index (χ0) is 16.9. The van der Waals surface area contributed by atoms with E-state index in [4.69, 9.17) is 0 Å². The number of carbonyl (C=O) groups is 1. The molecule has 1 aromatic heterocycles. The van der Waals surface area contributed by atoms with E-state index in [0.717, 1.165) is 38.5 Å². The Morgan fingerprint density at radius 1 is 1.21 bits per heavy atom. The number of nitrogens with one attached hydrogen (secondary N) is 1. The zero-order valence-electron chi connectivity index (χ0n) is 13.6. The number of nitrogens with zero attached hydrogens (tertiary/aromatic N) is 4. The lowest BCUT2D eigenvalue weighted by Crippen LogP contribution is -2.46. The minimum absolute atomic E-state index is 0.138. The monoisotopic (exact) mass is 329 g/mol. The summed E-state index contributed by atoms with van der Waals surface area (Å²) >= 11 is 0. The van der Waals surface area contributed by atoms with Crippen molar-refractivity contribution in [3.63, 3.8) is 0 Å². The van der Waals surface area contributed by atoms with Gasteiger partial charge in [-0.1, -0.05) is 19.1 Å². The zero-order valence-corrected chi connectivity index (χ0v) is 13.6. The number of anilines is 2. The van der Waals surface area contributed by atoms with Crippen LogP contribution >= 0.6 is 0 Å². The number of piperazine rings is 1. The molecule has 7 heteroatoms. The normalized spacial score (nSPS) is 15.3. The van der Waals surface area contributed by atoms with E-state index in [1.54, 1.807) is 18.2 Å². The topological polar surface area (TPSA) is 61.4 Å². The molecule has 0 spiro atoms. The number of benzene rings is 1. The highest BCUT2D eigenvalue weighted by Gasteiger charge is 2.18. The third-order valence-corrected chi connectivity index (χ3v) is 4.15. The van der Waals surface area contributed by atoms with Crippen molar-refractivity contribution >= 4 is 17.4 Å². The standard InChI is InChI=1S/C17H20FN5O/c1-2-22-7-9-23(10-8-22)16-11-15(19-12-20-16)17(24)21-14-6-4-3-5-13(14)18/h3-6,11-12H,2,7-10H2,1H3,(H,21,24). The Hall–Kier alpha value is -2.54. The van der Waals surface area contributed by atoms with Gasteiger partial charge in [0.25, 0.3) is 5.91 Å². The van der Waals surface area contributed by atoms with Crippen LogP contribution in [0.25, 0.3) is 0 Å². The number of halogens is 1. The van der Waals surface area contributed by atoms with E-state index in [1.807, 2.05) is 0 Å². The highest BCUT2D eigenvalue weighted by Crippen LogP contribution is 2.16. The van der Waals surface area contributed by atoms with Crippen LogP contribution in [0.2, 0.25) is 0 Å². The van der Waals surface area contributed by atoms with Gasteiger partial charge in [-0.3, -0.25) is 4.79 Å². The maximum atomic E-state index is 13.6. The summed E-state index contributed by atoms with van der Waals surface area (Å²) in [5, 5.41) is 2.54. The highest BCUT2D eigenvalue weighted by molar-refractivity contribution is 6.03. The lowest BCUT2D eigenvalue weighted by atomic mass is 10.2. The summed E-state index contributed by atoms with van der Waals surface area (Å²) in [7, 11) is 0. The maximum Gasteiger partial charge on any atom is 0.274 e. The van der Waals surface area contributed by atoms with Gasteiger partial charge in [-0.2, -0.15) is 0 Å². The molecule has 1 saturated heterocycles. The number of likely N-dealkylation sites (N-methyl/N-ethyl adjacent to an activating group) is 1. The highest BCUT2D eigenvalue weighted by atomic mass is 19.1. The van der Waals surface area contributed by atoms with Gasteiger partial charge in [-0.25, -0.2) is 14.4 Å². The fourth-order valence-electron chi connectivity index (χ4n) is 2.69. The number of hydrogen-bond donors (Lipinski definition) is 1. The Balaban J connectivity index is 1.71. The largest absolute Gasteiger partial charge is 0.354 e. The van der Waals surface area contributed by atoms with E-state index in [1.165, 1.54) is 18.5 Å². The Labute approximate surface area is 140 Å². The molecular formula is C17H20FN5O. The van der Waals surface area contributed by atoms with Gasteiger partial charge in [-0.15, -0.1) is 0 Å². The van der Waals surface area contributed by atoms with E-state index < -0.39 is 11.7 Å². The van der Waals surface area contributed by atoms with Crippen molar-refractivity contribution in [1.82, 2.24) is 14.9 Å². The van der Waals surface area contributed by atoms with Crippen LogP contribution in [0.3, 0.4) is 0 Å². The van der Waals surface area contributed by atoms with Gasteiger partial charge in [0.1, 0.15) is 23.7 Å². The molecule has 0 atom stereocenters. The van der Waals surface area contributed by atoms with E-state index in [0.29, 0.717) is 0 Å². The minimum atomic E-state index is -0.476. The molecule has 1 N–H and O–H groups in total. The lowest BCUT2D eigenvalue weighted by Gasteiger charge is -2.34. The summed E-state index contributed by atoms with van der Waals surface area (Å²) in [6, 6.07) is 7.70. The van der Waals surface area contributed by atoms with Crippen molar-refractivity contribution in [2.75, 3.05) is 42.9 Å². The van der Waals surface area contributed by atoms with Crippen LogP contribution in [0, 0.1) is 5.82 Å². The first kappa shape index (κ1) is 16.3. The van der Waals surface area contributed by atoms with Crippen molar-refractivity contribution in [2.45, 2.75) is 6.92 Å². The third-order valence-electron chi connectivity index (χ3n) is 4.15. The molecule has 1 amide bonds. The number of hydrogen-bond acceptors (Lipinski definition) is 5. The molecule has 6 nitrogen and oxygen atoms in total. The Morgan fingerprint density at radius 3 is 2.67 bits per heavy atom. The van der Waals surface area contributed by atoms with E-state index in [-0.39, 0.29) is 11.4 Å². The van der Waals surface area contributed by atoms with E-state index >= 15 is 0 Å². The number of aromatic nitrogens is 2. The average molecular weight is 329 g/mol. The minimum Gasteiger partial charge on any atom is -0.354 e. The van der Waals surface area contributed by atoms with Crippen LogP contribution in [0.15, 0.2) is 36.7 Å². The predicted octanol–water partition coefficient (Wildman–Crippen LogP) is 2.01. The van der Waals surface area contributed by atoms with Crippen LogP contribution < -0.4 is 10.2 Å². The number of amides is 1. The first-order chi connectivity index (χ1) is 11.7. The first-order valence-corrected chi connectivity index (χ1v) is 8.02. The second-order valence-electron chi connectivity index (χ2n) is 5.62. The first-order valence-electron chi connectivity index (χ1n) is 8.02. The van der Waals surface area contributed by atoms with E-state index in [9.17, 15) is 9.18 Å². The molecule has 2 heterocycles. The van der Waals surface area contributed by atoms with Crippen molar-refractivity contribution < 1.29 is 9.18 Å². The van der Waals surface area contributed by atoms with Gasteiger partial charge in [0.05, 0.1) is 5.69 Å². The van der Waals surface area contributed by atoms with Gasteiger partial charge in [0.2, 0.25) is 0 Å². The summed E-state index contributed by atoms with van der Waals surface area (Å²) < 4.78 is 13.6. The lowest BCUT2D eigenvalue weighted by molar-refractivity contribution is 0.102. The summed E-state index contributed by atoms with van der Waals surface area (Å²) in [5.74, 6) is -0.203. The molecule has 126 valence electrons. The second-order valence-corrected chi connectivity index (χ2v) is 5.62. The van der Waals surface area contributed by atoms with Crippen LogP contribution in [0.5, 0.6) is 0 Å². The fourth-order valence-corrected chi connectivity index (χ4v) is 2.69. The van der Waals surface area contributed by atoms with Crippen LogP contribution in [-0.2, 0) is 0 Å². The molecular weight excluding hydrogens is 309 g/mol. The summed E-state index contributed by atoms with van der Waals surface area (Å²) in [4.78, 5) is 25.1. The van der Waals surface area contributed by atoms with Gasteiger partial charge in [0, 0.05) is 32.2 Å². The Bertz CT molecular complexity index is 716. The Kier molecular flexibility index (Phi) is 5.00. The average Bonchev–Trinajstić information content (AvgIpc) is 2.64. The molecule has 0 bridgehead atoms. The molecule has 0 unspecified atom stereocenters. The summed E-state index contributed by atoms with van der Waals surface area (Å²) in [5.41, 5.74) is 0.361. The summed E-state index contributed by atoms with van der Waals surface area (Å²) in [6.45, 7) is 6.84. The molecule has 1 fully saturated rings. The van der Waals surface area contributed by atoms with Gasteiger partial charge in [0.15, 0.2) is 0 Å². The quantitative estimate of drug-likeness (QED) is 0.930. The van der Waals surface area contributed by atoms with Crippen molar-refractivity contribution in [1.29, 1.82) is 0 Å². The molecule has 1 aliphatic rings. The second kappa shape index (κ2) is 7.35. The fraction of sp³-hybridized carbons (Fsp3) is 0.353. The number of rotatable bonds is 4. The maximum absolute atomic E-state index is 13.6. The van der Waals surface area contributed by atoms with Gasteiger partial charge >= 0.3 is 0 Å².